The van der Waals surface area contributed by atoms with Gasteiger partial charge in [-0.05, 0) is 44.9 Å². The van der Waals surface area contributed by atoms with Crippen molar-refractivity contribution in [1.29, 1.82) is 0 Å². The van der Waals surface area contributed by atoms with Crippen LogP contribution in [0.15, 0.2) is 24.3 Å². The van der Waals surface area contributed by atoms with E-state index in [1.165, 1.54) is 83.5 Å². The summed E-state index contributed by atoms with van der Waals surface area (Å²) in [5.41, 5.74) is 0. The van der Waals surface area contributed by atoms with E-state index in [9.17, 15) is 19.4 Å². The van der Waals surface area contributed by atoms with Gasteiger partial charge in [-0.3, -0.25) is 13.8 Å². The molecule has 0 aromatic rings. The van der Waals surface area contributed by atoms with E-state index in [4.69, 9.17) is 9.05 Å². The van der Waals surface area contributed by atoms with Crippen molar-refractivity contribution in [2.75, 3.05) is 40.9 Å². The predicted molar refractivity (Wildman–Crippen MR) is 208 cm³/mol. The third kappa shape index (κ3) is 35.2. The van der Waals surface area contributed by atoms with Gasteiger partial charge >= 0.3 is 7.82 Å². The van der Waals surface area contributed by atoms with Crippen LogP contribution in [0.3, 0.4) is 0 Å². The number of nitrogens with one attached hydrogen (secondary N) is 1. The zero-order valence-corrected chi connectivity index (χ0v) is 33.6. The van der Waals surface area contributed by atoms with Gasteiger partial charge in [0.25, 0.3) is 0 Å². The van der Waals surface area contributed by atoms with Crippen LogP contribution < -0.4 is 5.32 Å². The highest BCUT2D eigenvalue weighted by atomic mass is 31.2. The minimum absolute atomic E-state index is 0.0720. The van der Waals surface area contributed by atoms with Gasteiger partial charge in [0.15, 0.2) is 0 Å². The van der Waals surface area contributed by atoms with Crippen LogP contribution in [-0.2, 0) is 18.4 Å². The molecule has 0 saturated heterocycles. The van der Waals surface area contributed by atoms with Gasteiger partial charge in [0, 0.05) is 6.42 Å². The molecule has 1 amide bonds. The molecule has 1 unspecified atom stereocenters. The van der Waals surface area contributed by atoms with Crippen LogP contribution in [0.2, 0.25) is 0 Å². The molecule has 0 aliphatic heterocycles. The summed E-state index contributed by atoms with van der Waals surface area (Å²) < 4.78 is 23.5. The van der Waals surface area contributed by atoms with Crippen molar-refractivity contribution in [1.82, 2.24) is 5.32 Å². The Kier molecular flexibility index (Phi) is 32.2. The van der Waals surface area contributed by atoms with Crippen LogP contribution in [0, 0.1) is 0 Å². The highest BCUT2D eigenvalue weighted by Crippen LogP contribution is 2.43. The predicted octanol–water partition coefficient (Wildman–Crippen LogP) is 10.6. The van der Waals surface area contributed by atoms with Gasteiger partial charge in [-0.2, -0.15) is 0 Å². The average molecular weight is 716 g/mol. The normalized spacial score (nSPS) is 14.8. The number of carbonyl (C=O) groups is 1. The maximum absolute atomic E-state index is 12.8. The van der Waals surface area contributed by atoms with Crippen LogP contribution in [0.25, 0.3) is 0 Å². The number of amides is 1. The fourth-order valence-electron chi connectivity index (χ4n) is 5.66. The number of allylic oxidation sites excluding steroid dienone is 4. The Bertz CT molecular complexity index is 860. The Morgan fingerprint density at radius 3 is 1.71 bits per heavy atom. The molecule has 0 radical (unpaired) electrons. The molecular weight excluding hydrogens is 635 g/mol. The fraction of sp³-hybridized carbons (Fsp3) is 0.875. The monoisotopic (exact) mass is 716 g/mol. The van der Waals surface area contributed by atoms with E-state index in [0.717, 1.165) is 64.2 Å². The number of aliphatic hydroxyl groups is 1. The minimum Gasteiger partial charge on any atom is -0.391 e. The second-order valence-electron chi connectivity index (χ2n) is 15.0. The first-order valence-electron chi connectivity index (χ1n) is 20.2. The Balaban J connectivity index is 4.46. The van der Waals surface area contributed by atoms with Gasteiger partial charge < -0.3 is 19.8 Å². The molecule has 0 aliphatic carbocycles. The first-order chi connectivity index (χ1) is 23.5. The molecule has 9 heteroatoms. The zero-order valence-electron chi connectivity index (χ0n) is 32.7. The summed E-state index contributed by atoms with van der Waals surface area (Å²) in [5.74, 6) is -0.160. The Hall–Kier alpha value is -1.02. The second kappa shape index (κ2) is 32.9. The van der Waals surface area contributed by atoms with Crippen LogP contribution >= 0.6 is 7.82 Å². The quantitative estimate of drug-likeness (QED) is 0.0258. The lowest BCUT2D eigenvalue weighted by molar-refractivity contribution is -0.870. The van der Waals surface area contributed by atoms with E-state index in [-0.39, 0.29) is 19.1 Å². The maximum Gasteiger partial charge on any atom is 0.472 e. The first kappa shape index (κ1) is 48.0. The Labute approximate surface area is 303 Å². The first-order valence-corrected chi connectivity index (χ1v) is 21.7. The smallest absolute Gasteiger partial charge is 0.391 e. The van der Waals surface area contributed by atoms with Crippen molar-refractivity contribution in [2.45, 2.75) is 187 Å². The number of phosphoric acid groups is 1. The molecule has 0 saturated carbocycles. The summed E-state index contributed by atoms with van der Waals surface area (Å²) in [6, 6.07) is -0.763. The minimum atomic E-state index is -4.31. The van der Waals surface area contributed by atoms with Gasteiger partial charge in [-0.25, -0.2) is 4.57 Å². The van der Waals surface area contributed by atoms with Crippen LogP contribution in [0.5, 0.6) is 0 Å². The molecule has 0 spiro atoms. The molecule has 0 bridgehead atoms. The average Bonchev–Trinajstić information content (AvgIpc) is 3.04. The largest absolute Gasteiger partial charge is 0.472 e. The maximum atomic E-state index is 12.8. The zero-order chi connectivity index (χ0) is 36.5. The van der Waals surface area contributed by atoms with Crippen LogP contribution in [-0.4, -0.2) is 73.4 Å². The third-order valence-corrected chi connectivity index (χ3v) is 9.94. The fourth-order valence-corrected chi connectivity index (χ4v) is 6.40. The second-order valence-corrected chi connectivity index (χ2v) is 16.5. The van der Waals surface area contributed by atoms with Crippen molar-refractivity contribution in [3.63, 3.8) is 0 Å². The number of hydrogen-bond donors (Lipinski definition) is 3. The molecule has 8 nitrogen and oxygen atoms in total. The molecule has 0 rings (SSSR count). The number of quaternary nitrogens is 1. The summed E-state index contributed by atoms with van der Waals surface area (Å²) in [5, 5.41) is 13.9. The summed E-state index contributed by atoms with van der Waals surface area (Å²) in [6.45, 7) is 4.83. The van der Waals surface area contributed by atoms with Gasteiger partial charge in [0.05, 0.1) is 39.9 Å². The molecular formula is C40H80N2O6P+. The number of hydrogen-bond acceptors (Lipinski definition) is 5. The molecule has 0 fully saturated rings. The van der Waals surface area contributed by atoms with E-state index in [1.807, 2.05) is 21.1 Å². The molecule has 0 aliphatic rings. The lowest BCUT2D eigenvalue weighted by atomic mass is 10.0. The number of unbranched alkanes of at least 4 members (excludes halogenated alkanes) is 19. The molecule has 3 N–H and O–H groups in total. The number of carbonyl (C=O) groups excluding carboxylic acids is 1. The van der Waals surface area contributed by atoms with Crippen molar-refractivity contribution >= 4 is 13.7 Å². The van der Waals surface area contributed by atoms with Crippen LogP contribution in [0.4, 0.5) is 0 Å². The van der Waals surface area contributed by atoms with E-state index >= 15 is 0 Å². The highest BCUT2D eigenvalue weighted by Gasteiger charge is 2.28. The van der Waals surface area contributed by atoms with E-state index in [0.29, 0.717) is 23.9 Å². The Morgan fingerprint density at radius 1 is 0.694 bits per heavy atom. The van der Waals surface area contributed by atoms with E-state index in [2.05, 4.69) is 43.5 Å². The Morgan fingerprint density at radius 2 is 1.16 bits per heavy atom. The van der Waals surface area contributed by atoms with Gasteiger partial charge in [-0.1, -0.05) is 147 Å². The molecule has 49 heavy (non-hydrogen) atoms. The number of rotatable bonds is 36. The van der Waals surface area contributed by atoms with Crippen molar-refractivity contribution in [2.24, 2.45) is 0 Å². The molecule has 0 aromatic heterocycles. The number of nitrogens with zero attached hydrogens (tertiary/aromatic N) is 1. The summed E-state index contributed by atoms with van der Waals surface area (Å²) in [4.78, 5) is 23.0. The van der Waals surface area contributed by atoms with Crippen molar-refractivity contribution in [3.8, 4) is 0 Å². The number of aliphatic hydroxyl groups excluding tert-OH is 1. The molecule has 0 heterocycles. The highest BCUT2D eigenvalue weighted by molar-refractivity contribution is 7.47. The van der Waals surface area contributed by atoms with Gasteiger partial charge in [0.1, 0.15) is 13.2 Å². The lowest BCUT2D eigenvalue weighted by Crippen LogP contribution is -2.46. The lowest BCUT2D eigenvalue weighted by Gasteiger charge is -2.26. The standard InChI is InChI=1S/C40H79N2O6P/c1-6-8-10-12-14-16-18-20-21-22-24-26-28-30-32-34-40(44)41-38(37-48-49(45,46)47-36-35-42(3,4)5)39(43)33-31-29-27-25-23-19-17-15-13-11-9-7-2/h14,16,20-21,38-39,43H,6-13,15,17-19,22-37H2,1-5H3,(H-,41,44,45,46)/p+1/b16-14+,21-20+/t38-,39+/m0/s1. The number of likely N-dealkylation sites (N-methyl/N-ethyl adjacent to an activating group) is 1. The SMILES string of the molecule is CCCCC/C=C/C/C=C/CCCCCCCC(=O)N[C@@H](COP(=O)(O)OCC[N+](C)(C)C)[C@H](O)CCCCCCCCCCCCCC. The van der Waals surface area contributed by atoms with Crippen molar-refractivity contribution in [3.05, 3.63) is 24.3 Å². The third-order valence-electron chi connectivity index (χ3n) is 8.95. The molecule has 290 valence electrons. The molecule has 3 atom stereocenters. The molecule has 0 aromatic carbocycles. The van der Waals surface area contributed by atoms with E-state index < -0.39 is 20.0 Å². The topological polar surface area (TPSA) is 105 Å². The van der Waals surface area contributed by atoms with Gasteiger partial charge in [0.2, 0.25) is 5.91 Å². The summed E-state index contributed by atoms with van der Waals surface area (Å²) in [7, 11) is 1.60. The van der Waals surface area contributed by atoms with E-state index in [1.54, 1.807) is 0 Å². The number of phosphoric ester groups is 1. The van der Waals surface area contributed by atoms with Gasteiger partial charge in [-0.15, -0.1) is 0 Å². The van der Waals surface area contributed by atoms with Crippen molar-refractivity contribution < 1.29 is 32.9 Å². The van der Waals surface area contributed by atoms with Crippen LogP contribution in [0.1, 0.15) is 174 Å². The summed E-state index contributed by atoms with van der Waals surface area (Å²) in [6.07, 6.45) is 36.2. The summed E-state index contributed by atoms with van der Waals surface area (Å²) >= 11 is 0.